The number of ether oxygens (including phenoxy) is 1. The van der Waals surface area contributed by atoms with Crippen molar-refractivity contribution in [1.29, 1.82) is 0 Å². The van der Waals surface area contributed by atoms with Gasteiger partial charge in [-0.2, -0.15) is 0 Å². The fraction of sp³-hybridized carbons (Fsp3) is 0.647. The second-order valence-corrected chi connectivity index (χ2v) is 5.79. The number of piperidine rings is 1. The number of rotatable bonds is 6. The fourth-order valence-electron chi connectivity index (χ4n) is 3.15. The van der Waals surface area contributed by atoms with Gasteiger partial charge in [0.25, 0.3) is 0 Å². The summed E-state index contributed by atoms with van der Waals surface area (Å²) in [4.78, 5) is 2.47. The molecule has 20 heavy (non-hydrogen) atoms. The summed E-state index contributed by atoms with van der Waals surface area (Å²) in [5.41, 5.74) is 1.33. The molecule has 0 saturated carbocycles. The first-order chi connectivity index (χ1) is 9.70. The van der Waals surface area contributed by atoms with Gasteiger partial charge in [-0.1, -0.05) is 18.6 Å². The molecule has 1 N–H and O–H groups in total. The van der Waals surface area contributed by atoms with Gasteiger partial charge in [-0.05, 0) is 63.4 Å². The predicted molar refractivity (Wildman–Crippen MR) is 82.2 cm³/mol. The van der Waals surface area contributed by atoms with Crippen LogP contribution in [-0.2, 0) is 6.42 Å². The lowest BCUT2D eigenvalue weighted by Crippen LogP contribution is -2.46. The first-order valence-electron chi connectivity index (χ1n) is 7.76. The highest BCUT2D eigenvalue weighted by Crippen LogP contribution is 2.21. The Morgan fingerprint density at radius 3 is 3.00 bits per heavy atom. The van der Waals surface area contributed by atoms with Crippen LogP contribution in [0.1, 0.15) is 38.2 Å². The molecule has 1 aromatic carbocycles. The molecule has 1 aliphatic heterocycles. The lowest BCUT2D eigenvalue weighted by molar-refractivity contribution is 0.0359. The van der Waals surface area contributed by atoms with Crippen LogP contribution in [0.4, 0.5) is 0 Å². The van der Waals surface area contributed by atoms with E-state index in [4.69, 9.17) is 4.74 Å². The van der Waals surface area contributed by atoms with Crippen molar-refractivity contribution in [3.63, 3.8) is 0 Å². The molecule has 0 bridgehead atoms. The summed E-state index contributed by atoms with van der Waals surface area (Å²) in [7, 11) is 1.71. The van der Waals surface area contributed by atoms with E-state index in [9.17, 15) is 5.11 Å². The summed E-state index contributed by atoms with van der Waals surface area (Å²) in [6.07, 6.45) is 5.64. The summed E-state index contributed by atoms with van der Waals surface area (Å²) in [5, 5.41) is 9.87. The topological polar surface area (TPSA) is 32.7 Å². The highest BCUT2D eigenvalue weighted by Gasteiger charge is 2.25. The van der Waals surface area contributed by atoms with Crippen LogP contribution in [0.25, 0.3) is 0 Å². The Bertz CT molecular complexity index is 406. The molecule has 1 aromatic rings. The number of hydrogen-bond donors (Lipinski definition) is 1. The maximum atomic E-state index is 9.87. The van der Waals surface area contributed by atoms with E-state index >= 15 is 0 Å². The Morgan fingerprint density at radius 2 is 2.25 bits per heavy atom. The number of aryl methyl sites for hydroxylation is 1. The van der Waals surface area contributed by atoms with Crippen molar-refractivity contribution in [2.75, 3.05) is 20.2 Å². The van der Waals surface area contributed by atoms with Crippen molar-refractivity contribution in [3.8, 4) is 5.75 Å². The van der Waals surface area contributed by atoms with E-state index in [-0.39, 0.29) is 6.10 Å². The largest absolute Gasteiger partial charge is 0.497 e. The van der Waals surface area contributed by atoms with Gasteiger partial charge in [0.1, 0.15) is 5.75 Å². The molecule has 0 radical (unpaired) electrons. The van der Waals surface area contributed by atoms with E-state index in [1.807, 2.05) is 19.1 Å². The molecule has 2 rings (SSSR count). The molecule has 0 aliphatic carbocycles. The van der Waals surface area contributed by atoms with Crippen molar-refractivity contribution >= 4 is 0 Å². The van der Waals surface area contributed by atoms with Crippen LogP contribution >= 0.6 is 0 Å². The second-order valence-electron chi connectivity index (χ2n) is 5.79. The average molecular weight is 277 g/mol. The Kier molecular flexibility index (Phi) is 5.86. The molecule has 112 valence electrons. The standard InChI is InChI=1S/C17H27NO2/c1-14(19)17-10-3-4-11-18(17)12-6-8-15-7-5-9-16(13-15)20-2/h5,7,9,13-14,17,19H,3-4,6,8,10-12H2,1-2H3. The Balaban J connectivity index is 1.82. The van der Waals surface area contributed by atoms with Crippen molar-refractivity contribution < 1.29 is 9.84 Å². The zero-order valence-electron chi connectivity index (χ0n) is 12.7. The lowest BCUT2D eigenvalue weighted by atomic mass is 9.97. The third kappa shape index (κ3) is 4.22. The van der Waals surface area contributed by atoms with Crippen LogP contribution in [-0.4, -0.2) is 42.4 Å². The number of aliphatic hydroxyl groups excluding tert-OH is 1. The van der Waals surface area contributed by atoms with Gasteiger partial charge in [-0.25, -0.2) is 0 Å². The van der Waals surface area contributed by atoms with Gasteiger partial charge in [0.2, 0.25) is 0 Å². The number of methoxy groups -OCH3 is 1. The van der Waals surface area contributed by atoms with Crippen molar-refractivity contribution in [2.45, 2.75) is 51.2 Å². The van der Waals surface area contributed by atoms with E-state index in [0.29, 0.717) is 6.04 Å². The monoisotopic (exact) mass is 277 g/mol. The van der Waals surface area contributed by atoms with Crippen LogP contribution in [0.3, 0.4) is 0 Å². The lowest BCUT2D eigenvalue weighted by Gasteiger charge is -2.37. The number of likely N-dealkylation sites (tertiary alicyclic amines) is 1. The number of benzene rings is 1. The molecule has 0 aromatic heterocycles. The predicted octanol–water partition coefficient (Wildman–Crippen LogP) is 2.86. The van der Waals surface area contributed by atoms with Gasteiger partial charge in [-0.15, -0.1) is 0 Å². The molecule has 3 heteroatoms. The average Bonchev–Trinajstić information content (AvgIpc) is 2.48. The molecule has 2 unspecified atom stereocenters. The summed E-state index contributed by atoms with van der Waals surface area (Å²) in [6, 6.07) is 8.66. The maximum absolute atomic E-state index is 9.87. The molecule has 1 saturated heterocycles. The number of hydrogen-bond acceptors (Lipinski definition) is 3. The summed E-state index contributed by atoms with van der Waals surface area (Å²) >= 11 is 0. The Morgan fingerprint density at radius 1 is 1.40 bits per heavy atom. The van der Waals surface area contributed by atoms with Gasteiger partial charge in [0.05, 0.1) is 13.2 Å². The zero-order chi connectivity index (χ0) is 14.4. The van der Waals surface area contributed by atoms with Crippen LogP contribution in [0.2, 0.25) is 0 Å². The summed E-state index contributed by atoms with van der Waals surface area (Å²) in [5.74, 6) is 0.933. The smallest absolute Gasteiger partial charge is 0.119 e. The Labute approximate surface area is 122 Å². The van der Waals surface area contributed by atoms with E-state index in [2.05, 4.69) is 17.0 Å². The van der Waals surface area contributed by atoms with E-state index in [0.717, 1.165) is 38.1 Å². The van der Waals surface area contributed by atoms with Gasteiger partial charge in [0, 0.05) is 6.04 Å². The first-order valence-corrected chi connectivity index (χ1v) is 7.76. The Hall–Kier alpha value is -1.06. The summed E-state index contributed by atoms with van der Waals surface area (Å²) < 4.78 is 5.26. The normalized spacial score (nSPS) is 21.6. The molecule has 1 fully saturated rings. The molecule has 1 heterocycles. The zero-order valence-corrected chi connectivity index (χ0v) is 12.7. The van der Waals surface area contributed by atoms with Crippen molar-refractivity contribution in [2.24, 2.45) is 0 Å². The first kappa shape index (κ1) is 15.3. The fourth-order valence-corrected chi connectivity index (χ4v) is 3.15. The molecular formula is C17H27NO2. The molecule has 0 spiro atoms. The molecule has 0 amide bonds. The van der Waals surface area contributed by atoms with E-state index < -0.39 is 0 Å². The minimum Gasteiger partial charge on any atom is -0.497 e. The third-order valence-corrected chi connectivity index (χ3v) is 4.27. The van der Waals surface area contributed by atoms with E-state index in [1.54, 1.807) is 7.11 Å². The quantitative estimate of drug-likeness (QED) is 0.868. The van der Waals surface area contributed by atoms with Crippen LogP contribution < -0.4 is 4.74 Å². The molecule has 2 atom stereocenters. The number of nitrogens with zero attached hydrogens (tertiary/aromatic N) is 1. The van der Waals surface area contributed by atoms with Gasteiger partial charge < -0.3 is 9.84 Å². The van der Waals surface area contributed by atoms with E-state index in [1.165, 1.54) is 18.4 Å². The maximum Gasteiger partial charge on any atom is 0.119 e. The van der Waals surface area contributed by atoms with Crippen LogP contribution in [0, 0.1) is 0 Å². The van der Waals surface area contributed by atoms with Crippen molar-refractivity contribution in [1.82, 2.24) is 4.90 Å². The molecule has 3 nitrogen and oxygen atoms in total. The van der Waals surface area contributed by atoms with Gasteiger partial charge in [0.15, 0.2) is 0 Å². The van der Waals surface area contributed by atoms with Crippen LogP contribution in [0.15, 0.2) is 24.3 Å². The second kappa shape index (κ2) is 7.65. The van der Waals surface area contributed by atoms with Crippen LogP contribution in [0.5, 0.6) is 5.75 Å². The van der Waals surface area contributed by atoms with Crippen molar-refractivity contribution in [3.05, 3.63) is 29.8 Å². The molecular weight excluding hydrogens is 250 g/mol. The minimum atomic E-state index is -0.216. The molecule has 1 aliphatic rings. The minimum absolute atomic E-state index is 0.216. The SMILES string of the molecule is COc1cccc(CCCN2CCCCC2C(C)O)c1. The number of aliphatic hydroxyl groups is 1. The third-order valence-electron chi connectivity index (χ3n) is 4.27. The van der Waals surface area contributed by atoms with Gasteiger partial charge >= 0.3 is 0 Å². The highest BCUT2D eigenvalue weighted by molar-refractivity contribution is 5.28. The highest BCUT2D eigenvalue weighted by atomic mass is 16.5. The summed E-state index contributed by atoms with van der Waals surface area (Å²) in [6.45, 7) is 4.13. The van der Waals surface area contributed by atoms with Gasteiger partial charge in [-0.3, -0.25) is 4.90 Å².